The molecule has 0 aliphatic carbocycles. The molecule has 1 aromatic rings. The van der Waals surface area contributed by atoms with Gasteiger partial charge in [-0.2, -0.15) is 0 Å². The lowest BCUT2D eigenvalue weighted by Crippen LogP contribution is -2.34. The summed E-state index contributed by atoms with van der Waals surface area (Å²) in [5, 5.41) is 2.28. The third-order valence-corrected chi connectivity index (χ3v) is 1.84. The van der Waals surface area contributed by atoms with E-state index >= 15 is 0 Å². The molecule has 3 N–H and O–H groups in total. The SMILES string of the molecule is NCC(=O)C(=O)NCc1ccccc1F. The number of carbonyl (C=O) groups excluding carboxylic acids is 2. The van der Waals surface area contributed by atoms with Crippen LogP contribution in [0, 0.1) is 5.82 Å². The summed E-state index contributed by atoms with van der Waals surface area (Å²) < 4.78 is 13.1. The van der Waals surface area contributed by atoms with Crippen molar-refractivity contribution < 1.29 is 14.0 Å². The number of nitrogens with one attached hydrogen (secondary N) is 1. The van der Waals surface area contributed by atoms with E-state index in [0.717, 1.165) is 0 Å². The maximum Gasteiger partial charge on any atom is 0.289 e. The van der Waals surface area contributed by atoms with E-state index in [-0.39, 0.29) is 13.1 Å². The Morgan fingerprint density at radius 2 is 2.00 bits per heavy atom. The molecule has 0 bridgehead atoms. The molecule has 4 nitrogen and oxygen atoms in total. The summed E-state index contributed by atoms with van der Waals surface area (Å²) in [6, 6.07) is 6.01. The predicted octanol–water partition coefficient (Wildman–Crippen LogP) is -0.0303. The van der Waals surface area contributed by atoms with Crippen LogP contribution < -0.4 is 11.1 Å². The zero-order valence-electron chi connectivity index (χ0n) is 8.00. The van der Waals surface area contributed by atoms with Gasteiger partial charge in [0.15, 0.2) is 0 Å². The van der Waals surface area contributed by atoms with Crippen molar-refractivity contribution >= 4 is 11.7 Å². The van der Waals surface area contributed by atoms with Gasteiger partial charge in [-0.05, 0) is 6.07 Å². The maximum absolute atomic E-state index is 13.1. The zero-order valence-corrected chi connectivity index (χ0v) is 8.00. The molecule has 1 amide bonds. The van der Waals surface area contributed by atoms with Crippen LogP contribution in [0.1, 0.15) is 5.56 Å². The van der Waals surface area contributed by atoms with E-state index in [1.807, 2.05) is 0 Å². The highest BCUT2D eigenvalue weighted by atomic mass is 19.1. The van der Waals surface area contributed by atoms with Crippen molar-refractivity contribution in [1.29, 1.82) is 0 Å². The Hall–Kier alpha value is -1.75. The Bertz CT molecular complexity index is 379. The predicted molar refractivity (Wildman–Crippen MR) is 52.3 cm³/mol. The number of ketones is 1. The van der Waals surface area contributed by atoms with Gasteiger partial charge in [0.1, 0.15) is 5.82 Å². The molecule has 0 radical (unpaired) electrons. The van der Waals surface area contributed by atoms with Crippen LogP contribution in [0.2, 0.25) is 0 Å². The second-order valence-electron chi connectivity index (χ2n) is 2.90. The molecule has 0 heterocycles. The first-order valence-corrected chi connectivity index (χ1v) is 4.39. The van der Waals surface area contributed by atoms with Crippen molar-refractivity contribution in [3.8, 4) is 0 Å². The van der Waals surface area contributed by atoms with Gasteiger partial charge in [-0.25, -0.2) is 4.39 Å². The summed E-state index contributed by atoms with van der Waals surface area (Å²) >= 11 is 0. The first-order valence-electron chi connectivity index (χ1n) is 4.39. The van der Waals surface area contributed by atoms with E-state index < -0.39 is 17.5 Å². The van der Waals surface area contributed by atoms with Gasteiger partial charge >= 0.3 is 0 Å². The number of halogens is 1. The number of hydrogen-bond acceptors (Lipinski definition) is 3. The lowest BCUT2D eigenvalue weighted by atomic mass is 10.2. The number of hydrogen-bond donors (Lipinski definition) is 2. The monoisotopic (exact) mass is 210 g/mol. The fourth-order valence-corrected chi connectivity index (χ4v) is 1.01. The van der Waals surface area contributed by atoms with Crippen molar-refractivity contribution in [2.75, 3.05) is 6.54 Å². The second-order valence-corrected chi connectivity index (χ2v) is 2.90. The summed E-state index contributed by atoms with van der Waals surface area (Å²) in [5.74, 6) is -1.93. The Morgan fingerprint density at radius 1 is 1.33 bits per heavy atom. The molecule has 0 unspecified atom stereocenters. The van der Waals surface area contributed by atoms with Gasteiger partial charge in [-0.15, -0.1) is 0 Å². The van der Waals surface area contributed by atoms with Gasteiger partial charge in [0.2, 0.25) is 5.78 Å². The molecule has 0 aliphatic rings. The van der Waals surface area contributed by atoms with Crippen LogP contribution >= 0.6 is 0 Å². The molecule has 1 rings (SSSR count). The van der Waals surface area contributed by atoms with Crippen LogP contribution in [0.4, 0.5) is 4.39 Å². The molecule has 0 spiro atoms. The third-order valence-electron chi connectivity index (χ3n) is 1.84. The van der Waals surface area contributed by atoms with Crippen LogP contribution in [0.15, 0.2) is 24.3 Å². The van der Waals surface area contributed by atoms with Crippen molar-refractivity contribution in [3.63, 3.8) is 0 Å². The van der Waals surface area contributed by atoms with E-state index in [1.165, 1.54) is 12.1 Å². The number of nitrogens with two attached hydrogens (primary N) is 1. The Balaban J connectivity index is 2.54. The minimum absolute atomic E-state index is 0.0166. The molecule has 0 saturated carbocycles. The molecular formula is C10H11FN2O2. The normalized spacial score (nSPS) is 9.73. The van der Waals surface area contributed by atoms with Crippen LogP contribution in [0.3, 0.4) is 0 Å². The maximum atomic E-state index is 13.1. The number of amides is 1. The third kappa shape index (κ3) is 3.14. The van der Waals surface area contributed by atoms with Crippen molar-refractivity contribution in [3.05, 3.63) is 35.6 Å². The number of rotatable bonds is 4. The van der Waals surface area contributed by atoms with Gasteiger partial charge in [0.05, 0.1) is 6.54 Å². The summed E-state index contributed by atoms with van der Waals surface area (Å²) in [7, 11) is 0. The van der Waals surface area contributed by atoms with Crippen LogP contribution in [-0.2, 0) is 16.1 Å². The van der Waals surface area contributed by atoms with Crippen molar-refractivity contribution in [2.45, 2.75) is 6.54 Å². The summed E-state index contributed by atoms with van der Waals surface area (Å²) in [5.41, 5.74) is 5.32. The van der Waals surface area contributed by atoms with Gasteiger partial charge in [-0.1, -0.05) is 18.2 Å². The van der Waals surface area contributed by atoms with E-state index in [1.54, 1.807) is 12.1 Å². The van der Waals surface area contributed by atoms with Crippen molar-refractivity contribution in [1.82, 2.24) is 5.32 Å². The average molecular weight is 210 g/mol. The highest BCUT2D eigenvalue weighted by molar-refractivity contribution is 6.36. The number of carbonyl (C=O) groups is 2. The Labute approximate surface area is 86.3 Å². The highest BCUT2D eigenvalue weighted by Gasteiger charge is 2.11. The Morgan fingerprint density at radius 3 is 2.60 bits per heavy atom. The van der Waals surface area contributed by atoms with Gasteiger partial charge in [-0.3, -0.25) is 9.59 Å². The van der Waals surface area contributed by atoms with E-state index in [9.17, 15) is 14.0 Å². The smallest absolute Gasteiger partial charge is 0.289 e. The average Bonchev–Trinajstić information content (AvgIpc) is 2.26. The standard InChI is InChI=1S/C10H11FN2O2/c11-8-4-2-1-3-7(8)6-13-10(15)9(14)5-12/h1-4H,5-6,12H2,(H,13,15). The molecule has 0 aliphatic heterocycles. The molecule has 0 aromatic heterocycles. The molecule has 15 heavy (non-hydrogen) atoms. The second kappa shape index (κ2) is 5.21. The fraction of sp³-hybridized carbons (Fsp3) is 0.200. The Kier molecular flexibility index (Phi) is 3.93. The topological polar surface area (TPSA) is 72.2 Å². The number of Topliss-reactive ketones (excluding diaryl/α,β-unsaturated/α-hetero) is 1. The van der Waals surface area contributed by atoms with Crippen LogP contribution in [0.5, 0.6) is 0 Å². The lowest BCUT2D eigenvalue weighted by Gasteiger charge is -2.04. The van der Waals surface area contributed by atoms with Gasteiger partial charge < -0.3 is 11.1 Å². The molecule has 0 saturated heterocycles. The summed E-state index contributed by atoms with van der Waals surface area (Å²) in [4.78, 5) is 21.8. The fourth-order valence-electron chi connectivity index (χ4n) is 1.01. The largest absolute Gasteiger partial charge is 0.345 e. The quantitative estimate of drug-likeness (QED) is 0.685. The van der Waals surface area contributed by atoms with Crippen LogP contribution in [0.25, 0.3) is 0 Å². The zero-order chi connectivity index (χ0) is 11.3. The van der Waals surface area contributed by atoms with Gasteiger partial charge in [0, 0.05) is 12.1 Å². The molecule has 0 fully saturated rings. The molecule has 0 atom stereocenters. The highest BCUT2D eigenvalue weighted by Crippen LogP contribution is 2.05. The molecule has 1 aromatic carbocycles. The molecule has 5 heteroatoms. The lowest BCUT2D eigenvalue weighted by molar-refractivity contribution is -0.137. The number of benzene rings is 1. The molecule has 80 valence electrons. The molecular weight excluding hydrogens is 199 g/mol. The van der Waals surface area contributed by atoms with Crippen LogP contribution in [-0.4, -0.2) is 18.2 Å². The minimum Gasteiger partial charge on any atom is -0.345 e. The summed E-state index contributed by atoms with van der Waals surface area (Å²) in [6.07, 6.45) is 0. The van der Waals surface area contributed by atoms with E-state index in [4.69, 9.17) is 5.73 Å². The van der Waals surface area contributed by atoms with Crippen molar-refractivity contribution in [2.24, 2.45) is 5.73 Å². The first-order chi connectivity index (χ1) is 7.15. The van der Waals surface area contributed by atoms with Gasteiger partial charge in [0.25, 0.3) is 5.91 Å². The minimum atomic E-state index is -0.791. The summed E-state index contributed by atoms with van der Waals surface area (Å²) in [6.45, 7) is -0.361. The first kappa shape index (κ1) is 11.3. The van der Waals surface area contributed by atoms with E-state index in [0.29, 0.717) is 5.56 Å². The van der Waals surface area contributed by atoms with E-state index in [2.05, 4.69) is 5.32 Å².